The van der Waals surface area contributed by atoms with Crippen LogP contribution in [0.1, 0.15) is 53.4 Å². The Hall–Kier alpha value is -1.26. The van der Waals surface area contributed by atoms with Crippen LogP contribution in [0.3, 0.4) is 0 Å². The van der Waals surface area contributed by atoms with Crippen LogP contribution in [0.15, 0.2) is 0 Å². The molecule has 5 heteroatoms. The van der Waals surface area contributed by atoms with Crippen molar-refractivity contribution in [2.24, 2.45) is 23.2 Å². The number of rotatable bonds is 4. The number of carboxylic acids is 1. The Balaban J connectivity index is 1.99. The number of fused-ring (bicyclic) bond motifs is 1. The van der Waals surface area contributed by atoms with Crippen molar-refractivity contribution in [2.75, 3.05) is 6.54 Å². The van der Waals surface area contributed by atoms with E-state index in [0.29, 0.717) is 12.5 Å². The summed E-state index contributed by atoms with van der Waals surface area (Å²) in [6.07, 6.45) is 3.53. The van der Waals surface area contributed by atoms with Gasteiger partial charge in [0.1, 0.15) is 5.60 Å². The third-order valence-corrected chi connectivity index (χ3v) is 5.06. The lowest BCUT2D eigenvalue weighted by Gasteiger charge is -2.37. The number of carboxylic acid groups (broad SMARTS) is 1. The molecule has 4 unspecified atom stereocenters. The van der Waals surface area contributed by atoms with Gasteiger partial charge in [-0.05, 0) is 57.3 Å². The molecule has 120 valence electrons. The van der Waals surface area contributed by atoms with Crippen molar-refractivity contribution >= 4 is 12.1 Å². The van der Waals surface area contributed by atoms with Gasteiger partial charge < -0.3 is 15.2 Å². The topological polar surface area (TPSA) is 75.6 Å². The first kappa shape index (κ1) is 16.1. The van der Waals surface area contributed by atoms with Gasteiger partial charge in [0, 0.05) is 6.54 Å². The summed E-state index contributed by atoms with van der Waals surface area (Å²) < 4.78 is 5.28. The maximum Gasteiger partial charge on any atom is 0.407 e. The zero-order valence-electron chi connectivity index (χ0n) is 13.4. The van der Waals surface area contributed by atoms with Crippen molar-refractivity contribution in [3.8, 4) is 0 Å². The molecule has 0 heterocycles. The van der Waals surface area contributed by atoms with Crippen LogP contribution >= 0.6 is 0 Å². The first-order valence-corrected chi connectivity index (χ1v) is 7.90. The molecule has 0 spiro atoms. The van der Waals surface area contributed by atoms with Gasteiger partial charge in [-0.2, -0.15) is 0 Å². The number of alkyl carbamates (subject to hydrolysis) is 1. The minimum atomic E-state index is -0.679. The summed E-state index contributed by atoms with van der Waals surface area (Å²) in [5.74, 6) is -0.379. The van der Waals surface area contributed by atoms with E-state index < -0.39 is 17.7 Å². The largest absolute Gasteiger partial charge is 0.481 e. The van der Waals surface area contributed by atoms with Gasteiger partial charge in [-0.3, -0.25) is 4.79 Å². The molecule has 2 aliphatic rings. The number of carbonyl (C=O) groups excluding carboxylic acids is 1. The number of hydrogen-bond acceptors (Lipinski definition) is 3. The number of hydrogen-bond donors (Lipinski definition) is 2. The van der Waals surface area contributed by atoms with E-state index >= 15 is 0 Å². The van der Waals surface area contributed by atoms with Crippen LogP contribution < -0.4 is 5.32 Å². The normalized spacial score (nSPS) is 34.8. The molecule has 0 aromatic rings. The molecule has 0 aromatic heterocycles. The van der Waals surface area contributed by atoms with Gasteiger partial charge in [0.25, 0.3) is 0 Å². The van der Waals surface area contributed by atoms with Gasteiger partial charge in [0.05, 0.1) is 5.92 Å². The highest BCUT2D eigenvalue weighted by atomic mass is 16.6. The lowest BCUT2D eigenvalue weighted by Crippen LogP contribution is -2.42. The molecule has 2 rings (SSSR count). The summed E-state index contributed by atoms with van der Waals surface area (Å²) in [4.78, 5) is 23.2. The third kappa shape index (κ3) is 3.33. The van der Waals surface area contributed by atoms with Gasteiger partial charge in [-0.25, -0.2) is 4.79 Å². The first-order valence-electron chi connectivity index (χ1n) is 7.90. The summed E-state index contributed by atoms with van der Waals surface area (Å²) in [6.45, 7) is 8.11. The maximum absolute atomic E-state index is 11.8. The highest BCUT2D eigenvalue weighted by molar-refractivity contribution is 5.75. The van der Waals surface area contributed by atoms with Crippen molar-refractivity contribution in [3.05, 3.63) is 0 Å². The second-order valence-electron chi connectivity index (χ2n) is 7.52. The Labute approximate surface area is 126 Å². The van der Waals surface area contributed by atoms with Crippen molar-refractivity contribution in [1.29, 1.82) is 0 Å². The number of aliphatic carboxylic acids is 1. The minimum Gasteiger partial charge on any atom is -0.481 e. The summed E-state index contributed by atoms with van der Waals surface area (Å²) in [5, 5.41) is 12.2. The molecule has 1 amide bonds. The SMILES string of the molecule is CCC1(CNC(=O)OC(C)(C)C)CCCC2C(C(=O)O)C21. The van der Waals surface area contributed by atoms with Gasteiger partial charge in [0.2, 0.25) is 0 Å². The van der Waals surface area contributed by atoms with E-state index in [-0.39, 0.29) is 17.3 Å². The second kappa shape index (κ2) is 5.50. The molecular formula is C16H27NO4. The van der Waals surface area contributed by atoms with Crippen LogP contribution in [0.5, 0.6) is 0 Å². The summed E-state index contributed by atoms with van der Waals surface area (Å²) >= 11 is 0. The van der Waals surface area contributed by atoms with Crippen molar-refractivity contribution in [1.82, 2.24) is 5.32 Å². The molecule has 2 saturated carbocycles. The molecule has 2 aliphatic carbocycles. The van der Waals surface area contributed by atoms with E-state index in [1.54, 1.807) is 0 Å². The molecule has 0 saturated heterocycles. The monoisotopic (exact) mass is 297 g/mol. The second-order valence-corrected chi connectivity index (χ2v) is 7.52. The fourth-order valence-electron chi connectivity index (χ4n) is 4.07. The molecule has 0 aromatic carbocycles. The Morgan fingerprint density at radius 1 is 1.38 bits per heavy atom. The number of amides is 1. The van der Waals surface area contributed by atoms with E-state index in [9.17, 15) is 14.7 Å². The predicted molar refractivity (Wildman–Crippen MR) is 78.9 cm³/mol. The van der Waals surface area contributed by atoms with E-state index in [0.717, 1.165) is 25.7 Å². The van der Waals surface area contributed by atoms with Crippen LogP contribution in [-0.4, -0.2) is 29.3 Å². The standard InChI is InChI=1S/C16H27NO4/c1-5-16(9-17-14(20)21-15(2,3)4)8-6-7-10-11(12(10)16)13(18)19/h10-12H,5-9H2,1-4H3,(H,17,20)(H,18,19). The molecule has 21 heavy (non-hydrogen) atoms. The summed E-state index contributed by atoms with van der Waals surface area (Å²) in [6, 6.07) is 0. The van der Waals surface area contributed by atoms with Crippen LogP contribution in [0.4, 0.5) is 4.79 Å². The van der Waals surface area contributed by atoms with Gasteiger partial charge in [-0.1, -0.05) is 13.3 Å². The zero-order valence-corrected chi connectivity index (χ0v) is 13.4. The smallest absolute Gasteiger partial charge is 0.407 e. The fourth-order valence-corrected chi connectivity index (χ4v) is 4.07. The summed E-state index contributed by atoms with van der Waals surface area (Å²) in [7, 11) is 0. The number of ether oxygens (including phenoxy) is 1. The lowest BCUT2D eigenvalue weighted by atomic mass is 9.71. The van der Waals surface area contributed by atoms with Gasteiger partial charge >= 0.3 is 12.1 Å². The molecule has 4 atom stereocenters. The third-order valence-electron chi connectivity index (χ3n) is 5.06. The Bertz CT molecular complexity index is 428. The molecule has 2 N–H and O–H groups in total. The van der Waals surface area contributed by atoms with Gasteiger partial charge in [-0.15, -0.1) is 0 Å². The minimum absolute atomic E-state index is 0.0805. The predicted octanol–water partition coefficient (Wildman–Crippen LogP) is 3.04. The maximum atomic E-state index is 11.8. The van der Waals surface area contributed by atoms with E-state index in [1.165, 1.54) is 0 Å². The van der Waals surface area contributed by atoms with Crippen molar-refractivity contribution in [2.45, 2.75) is 59.0 Å². The molecule has 5 nitrogen and oxygen atoms in total. The summed E-state index contributed by atoms with van der Waals surface area (Å²) in [5.41, 5.74) is -0.593. The number of nitrogens with one attached hydrogen (secondary N) is 1. The Kier molecular flexibility index (Phi) is 4.22. The highest BCUT2D eigenvalue weighted by Gasteiger charge is 2.64. The van der Waals surface area contributed by atoms with Crippen molar-refractivity contribution < 1.29 is 19.4 Å². The fraction of sp³-hybridized carbons (Fsp3) is 0.875. The van der Waals surface area contributed by atoms with Gasteiger partial charge in [0.15, 0.2) is 0 Å². The average molecular weight is 297 g/mol. The Morgan fingerprint density at radius 2 is 2.05 bits per heavy atom. The first-order chi connectivity index (χ1) is 9.70. The van der Waals surface area contributed by atoms with Crippen LogP contribution in [0, 0.1) is 23.2 Å². The average Bonchev–Trinajstić information content (AvgIpc) is 3.09. The quantitative estimate of drug-likeness (QED) is 0.836. The van der Waals surface area contributed by atoms with E-state index in [2.05, 4.69) is 12.2 Å². The molecule has 0 radical (unpaired) electrons. The van der Waals surface area contributed by atoms with Crippen molar-refractivity contribution in [3.63, 3.8) is 0 Å². The number of carbonyl (C=O) groups is 2. The molecule has 2 fully saturated rings. The zero-order chi connectivity index (χ0) is 15.8. The van der Waals surface area contributed by atoms with Crippen LogP contribution in [0.2, 0.25) is 0 Å². The highest BCUT2D eigenvalue weighted by Crippen LogP contribution is 2.64. The van der Waals surface area contributed by atoms with Crippen LogP contribution in [-0.2, 0) is 9.53 Å². The van der Waals surface area contributed by atoms with E-state index in [4.69, 9.17) is 4.74 Å². The van der Waals surface area contributed by atoms with E-state index in [1.807, 2.05) is 20.8 Å². The molecule has 0 aliphatic heterocycles. The lowest BCUT2D eigenvalue weighted by molar-refractivity contribution is -0.139. The molecular weight excluding hydrogens is 270 g/mol. The van der Waals surface area contributed by atoms with Crippen LogP contribution in [0.25, 0.3) is 0 Å². The molecule has 0 bridgehead atoms. The Morgan fingerprint density at radius 3 is 2.57 bits per heavy atom.